The molecule has 180 valence electrons. The van der Waals surface area contributed by atoms with Gasteiger partial charge < -0.3 is 19.3 Å². The SMILES string of the molecule is COc1cc([C@H](C2=C(O)CC(C)(C)CC2=O)C2C(=O)CC(C)(C)CC2=O)cc(OC)c1OC. The zero-order chi connectivity index (χ0) is 24.7. The summed E-state index contributed by atoms with van der Waals surface area (Å²) in [4.78, 5) is 40.0. The summed E-state index contributed by atoms with van der Waals surface area (Å²) in [7, 11) is 4.43. The van der Waals surface area contributed by atoms with E-state index in [1.54, 1.807) is 12.1 Å². The second kappa shape index (κ2) is 8.84. The summed E-state index contributed by atoms with van der Waals surface area (Å²) >= 11 is 0. The number of aliphatic hydroxyl groups is 1. The number of carbonyl (C=O) groups is 3. The van der Waals surface area contributed by atoms with Crippen molar-refractivity contribution in [2.24, 2.45) is 16.7 Å². The van der Waals surface area contributed by atoms with Gasteiger partial charge in [0, 0.05) is 37.2 Å². The van der Waals surface area contributed by atoms with Gasteiger partial charge in [-0.25, -0.2) is 0 Å². The number of aliphatic hydroxyl groups excluding tert-OH is 1. The molecule has 1 N–H and O–H groups in total. The fourth-order valence-electron chi connectivity index (χ4n) is 5.24. The molecule has 1 atom stereocenters. The van der Waals surface area contributed by atoms with Crippen LogP contribution in [0.5, 0.6) is 17.2 Å². The second-order valence-corrected chi connectivity index (χ2v) is 10.7. The van der Waals surface area contributed by atoms with Crippen molar-refractivity contribution < 1.29 is 33.7 Å². The minimum atomic E-state index is -1.07. The summed E-state index contributed by atoms with van der Waals surface area (Å²) in [5.41, 5.74) is -0.229. The summed E-state index contributed by atoms with van der Waals surface area (Å²) in [5.74, 6) is -1.73. The lowest BCUT2D eigenvalue weighted by molar-refractivity contribution is -0.140. The molecule has 0 radical (unpaired) electrons. The van der Waals surface area contributed by atoms with Crippen molar-refractivity contribution in [3.05, 3.63) is 29.0 Å². The molecule has 0 aromatic heterocycles. The van der Waals surface area contributed by atoms with E-state index in [9.17, 15) is 19.5 Å². The van der Waals surface area contributed by atoms with Gasteiger partial charge in [0.1, 0.15) is 17.3 Å². The van der Waals surface area contributed by atoms with Crippen LogP contribution in [0.3, 0.4) is 0 Å². The van der Waals surface area contributed by atoms with Crippen LogP contribution in [-0.4, -0.2) is 43.8 Å². The van der Waals surface area contributed by atoms with Gasteiger partial charge in [0.15, 0.2) is 17.3 Å². The van der Waals surface area contributed by atoms with E-state index >= 15 is 0 Å². The lowest BCUT2D eigenvalue weighted by Crippen LogP contribution is -2.43. The average molecular weight is 459 g/mol. The number of ketones is 3. The molecule has 1 fully saturated rings. The van der Waals surface area contributed by atoms with E-state index in [1.807, 2.05) is 27.7 Å². The molecule has 1 aromatic rings. The van der Waals surface area contributed by atoms with Crippen LogP contribution in [0.2, 0.25) is 0 Å². The molecule has 0 bridgehead atoms. The highest BCUT2D eigenvalue weighted by molar-refractivity contribution is 6.09. The van der Waals surface area contributed by atoms with Crippen LogP contribution >= 0.6 is 0 Å². The van der Waals surface area contributed by atoms with Gasteiger partial charge in [-0.05, 0) is 28.5 Å². The Kier molecular flexibility index (Phi) is 6.65. The predicted molar refractivity (Wildman–Crippen MR) is 123 cm³/mol. The number of carbonyl (C=O) groups excluding carboxylic acids is 3. The second-order valence-electron chi connectivity index (χ2n) is 10.7. The molecule has 0 amide bonds. The Morgan fingerprint density at radius 3 is 1.73 bits per heavy atom. The molecule has 2 aliphatic carbocycles. The first-order valence-electron chi connectivity index (χ1n) is 11.1. The van der Waals surface area contributed by atoms with E-state index in [-0.39, 0.29) is 54.4 Å². The summed E-state index contributed by atoms with van der Waals surface area (Å²) in [6.07, 6.45) is 0.944. The van der Waals surface area contributed by atoms with Crippen molar-refractivity contribution in [2.45, 2.75) is 59.3 Å². The number of allylic oxidation sites excluding steroid dienone is 2. The van der Waals surface area contributed by atoms with Crippen molar-refractivity contribution >= 4 is 17.3 Å². The van der Waals surface area contributed by atoms with E-state index in [0.29, 0.717) is 22.8 Å². The zero-order valence-corrected chi connectivity index (χ0v) is 20.5. The molecular formula is C26H34O7. The number of Topliss-reactive ketones (excluding diaryl/α,β-unsaturated/α-hetero) is 3. The molecule has 0 spiro atoms. The lowest BCUT2D eigenvalue weighted by Gasteiger charge is -2.39. The topological polar surface area (TPSA) is 99.1 Å². The average Bonchev–Trinajstić information content (AvgIpc) is 2.68. The van der Waals surface area contributed by atoms with Crippen LogP contribution in [0.15, 0.2) is 23.5 Å². The van der Waals surface area contributed by atoms with Crippen molar-refractivity contribution in [3.8, 4) is 17.2 Å². The zero-order valence-electron chi connectivity index (χ0n) is 20.5. The molecule has 2 aliphatic rings. The maximum Gasteiger partial charge on any atom is 0.203 e. The Morgan fingerprint density at radius 2 is 1.30 bits per heavy atom. The van der Waals surface area contributed by atoms with Crippen LogP contribution in [0.4, 0.5) is 0 Å². The Morgan fingerprint density at radius 1 is 0.818 bits per heavy atom. The lowest BCUT2D eigenvalue weighted by atomic mass is 9.62. The van der Waals surface area contributed by atoms with E-state index in [0.717, 1.165) is 0 Å². The van der Waals surface area contributed by atoms with Crippen molar-refractivity contribution in [1.29, 1.82) is 0 Å². The first-order chi connectivity index (χ1) is 15.3. The fraction of sp³-hybridized carbons (Fsp3) is 0.577. The third-order valence-corrected chi connectivity index (χ3v) is 6.59. The minimum Gasteiger partial charge on any atom is -0.512 e. The van der Waals surface area contributed by atoms with Gasteiger partial charge in [0.25, 0.3) is 0 Å². The summed E-state index contributed by atoms with van der Waals surface area (Å²) < 4.78 is 16.4. The van der Waals surface area contributed by atoms with Crippen LogP contribution < -0.4 is 14.2 Å². The standard InChI is InChI=1S/C26H34O7/c1-25(2)10-15(27)22(16(28)11-25)21(23-17(29)12-26(3,4)13-18(23)30)14-8-19(31-5)24(33-7)20(9-14)32-6/h8-9,21-22,29H,10-13H2,1-7H3/t21-/m0/s1. The van der Waals surface area contributed by atoms with Gasteiger partial charge >= 0.3 is 0 Å². The van der Waals surface area contributed by atoms with E-state index < -0.39 is 22.7 Å². The van der Waals surface area contributed by atoms with Crippen molar-refractivity contribution in [1.82, 2.24) is 0 Å². The third-order valence-electron chi connectivity index (χ3n) is 6.59. The first-order valence-corrected chi connectivity index (χ1v) is 11.1. The molecule has 33 heavy (non-hydrogen) atoms. The number of hydrogen-bond donors (Lipinski definition) is 1. The number of rotatable bonds is 6. The molecule has 0 unspecified atom stereocenters. The highest BCUT2D eigenvalue weighted by Gasteiger charge is 2.48. The quantitative estimate of drug-likeness (QED) is 0.623. The van der Waals surface area contributed by atoms with Gasteiger partial charge in [0.05, 0.1) is 27.2 Å². The molecule has 0 saturated heterocycles. The number of benzene rings is 1. The summed E-state index contributed by atoms with van der Waals surface area (Å²) in [6, 6.07) is 3.30. The maximum atomic E-state index is 13.3. The van der Waals surface area contributed by atoms with E-state index in [2.05, 4.69) is 0 Å². The smallest absolute Gasteiger partial charge is 0.203 e. The fourth-order valence-corrected chi connectivity index (χ4v) is 5.24. The first kappa shape index (κ1) is 24.8. The van der Waals surface area contributed by atoms with Crippen LogP contribution in [0.25, 0.3) is 0 Å². The Balaban J connectivity index is 2.27. The largest absolute Gasteiger partial charge is 0.512 e. The van der Waals surface area contributed by atoms with Gasteiger partial charge in [0.2, 0.25) is 5.75 Å². The van der Waals surface area contributed by atoms with E-state index in [1.165, 1.54) is 21.3 Å². The van der Waals surface area contributed by atoms with Gasteiger partial charge in [-0.3, -0.25) is 14.4 Å². The molecule has 0 heterocycles. The molecule has 7 heteroatoms. The highest BCUT2D eigenvalue weighted by Crippen LogP contribution is 2.50. The Hall–Kier alpha value is -2.83. The van der Waals surface area contributed by atoms with Gasteiger partial charge in [-0.1, -0.05) is 27.7 Å². The number of ether oxygens (including phenoxy) is 3. The summed E-state index contributed by atoms with van der Waals surface area (Å²) in [5, 5.41) is 11.0. The molecule has 1 aromatic carbocycles. The molecule has 1 saturated carbocycles. The Bertz CT molecular complexity index is 970. The van der Waals surface area contributed by atoms with Crippen LogP contribution in [0.1, 0.15) is 64.9 Å². The van der Waals surface area contributed by atoms with Crippen LogP contribution in [-0.2, 0) is 14.4 Å². The predicted octanol–water partition coefficient (Wildman–Crippen LogP) is 4.57. The van der Waals surface area contributed by atoms with E-state index in [4.69, 9.17) is 14.2 Å². The number of methoxy groups -OCH3 is 3. The van der Waals surface area contributed by atoms with Crippen LogP contribution in [0, 0.1) is 16.7 Å². The van der Waals surface area contributed by atoms with Gasteiger partial charge in [-0.2, -0.15) is 0 Å². The monoisotopic (exact) mass is 458 g/mol. The molecular weight excluding hydrogens is 424 g/mol. The minimum absolute atomic E-state index is 0.0690. The van der Waals surface area contributed by atoms with Gasteiger partial charge in [-0.15, -0.1) is 0 Å². The van der Waals surface area contributed by atoms with Crippen molar-refractivity contribution in [3.63, 3.8) is 0 Å². The highest BCUT2D eigenvalue weighted by atomic mass is 16.5. The third kappa shape index (κ3) is 4.77. The molecule has 7 nitrogen and oxygen atoms in total. The normalized spacial score (nSPS) is 21.7. The molecule has 3 rings (SSSR count). The van der Waals surface area contributed by atoms with Crippen molar-refractivity contribution in [2.75, 3.05) is 21.3 Å². The number of hydrogen-bond acceptors (Lipinski definition) is 7. The summed E-state index contributed by atoms with van der Waals surface area (Å²) in [6.45, 7) is 7.59. The maximum absolute atomic E-state index is 13.3. The molecule has 0 aliphatic heterocycles. The Labute approximate surface area is 195 Å².